The van der Waals surface area contributed by atoms with Crippen molar-refractivity contribution in [3.63, 3.8) is 0 Å². The molecule has 0 N–H and O–H groups in total. The third-order valence-corrected chi connectivity index (χ3v) is 7.21. The second-order valence-electron chi connectivity index (χ2n) is 7.62. The van der Waals surface area contributed by atoms with E-state index in [1.165, 1.54) is 24.3 Å². The zero-order chi connectivity index (χ0) is 24.6. The van der Waals surface area contributed by atoms with Gasteiger partial charge in [-0.05, 0) is 84.1 Å². The molecule has 0 unspecified atom stereocenters. The van der Waals surface area contributed by atoms with Crippen LogP contribution in [0.15, 0.2) is 53.4 Å². The number of carbonyl (C=O) groups is 3. The third-order valence-electron chi connectivity index (χ3n) is 5.58. The Morgan fingerprint density at radius 2 is 1.62 bits per heavy atom. The molecule has 0 aliphatic carbocycles. The first kappa shape index (κ1) is 23.9. The van der Waals surface area contributed by atoms with Crippen molar-refractivity contribution in [2.24, 2.45) is 0 Å². The molecule has 1 aliphatic rings. The number of nitro groups is 1. The molecule has 172 valence electrons. The molecule has 0 spiro atoms. The van der Waals surface area contributed by atoms with Gasteiger partial charge in [-0.15, -0.1) is 0 Å². The number of non-ortho nitro benzene ring substituents is 1. The van der Waals surface area contributed by atoms with Gasteiger partial charge in [0.05, 0.1) is 16.4 Å². The smallest absolute Gasteiger partial charge is 0.293 e. The van der Waals surface area contributed by atoms with E-state index in [1.54, 1.807) is 6.08 Å². The Kier molecular flexibility index (Phi) is 6.71. The molecule has 0 saturated carbocycles. The highest BCUT2D eigenvalue weighted by Gasteiger charge is 2.35. The summed E-state index contributed by atoms with van der Waals surface area (Å²) < 4.78 is 3.04. The van der Waals surface area contributed by atoms with E-state index in [2.05, 4.69) is 22.6 Å². The Bertz CT molecular complexity index is 1360. The summed E-state index contributed by atoms with van der Waals surface area (Å²) in [6.45, 7) is 3.71. The number of hydrogen-bond donors (Lipinski definition) is 0. The van der Waals surface area contributed by atoms with Crippen LogP contribution >= 0.6 is 34.4 Å². The van der Waals surface area contributed by atoms with Crippen molar-refractivity contribution in [1.29, 1.82) is 0 Å². The maximum Gasteiger partial charge on any atom is 0.293 e. The highest BCUT2D eigenvalue weighted by atomic mass is 127. The van der Waals surface area contributed by atoms with Crippen LogP contribution < -0.4 is 0 Å². The number of nitro benzene ring substituents is 1. The molecule has 1 fully saturated rings. The summed E-state index contributed by atoms with van der Waals surface area (Å²) in [7, 11) is 0. The average Bonchev–Trinajstić information content (AvgIpc) is 3.21. The highest BCUT2D eigenvalue weighted by molar-refractivity contribution is 14.1. The lowest BCUT2D eigenvalue weighted by atomic mass is 10.1. The lowest BCUT2D eigenvalue weighted by Crippen LogP contribution is -2.27. The largest absolute Gasteiger partial charge is 0.317 e. The quantitative estimate of drug-likeness (QED) is 0.121. The van der Waals surface area contributed by atoms with Crippen LogP contribution in [0.25, 0.3) is 11.8 Å². The first-order valence-corrected chi connectivity index (χ1v) is 12.0. The summed E-state index contributed by atoms with van der Waals surface area (Å²) in [6, 6.07) is 13.6. The number of carbonyl (C=O) groups excluding carboxylic acids is 3. The number of rotatable bonds is 6. The van der Waals surface area contributed by atoms with Gasteiger partial charge in [0.15, 0.2) is 6.29 Å². The number of thioether (sulfide) groups is 1. The van der Waals surface area contributed by atoms with Gasteiger partial charge >= 0.3 is 0 Å². The Morgan fingerprint density at radius 1 is 1.00 bits per heavy atom. The van der Waals surface area contributed by atoms with E-state index < -0.39 is 16.1 Å². The number of benzene rings is 2. The topological polar surface area (TPSA) is 103 Å². The van der Waals surface area contributed by atoms with Crippen LogP contribution in [0.2, 0.25) is 0 Å². The molecule has 2 heterocycles. The van der Waals surface area contributed by atoms with E-state index in [-0.39, 0.29) is 17.1 Å². The summed E-state index contributed by atoms with van der Waals surface area (Å²) in [5.41, 5.74) is 3.99. The number of aldehydes is 1. The van der Waals surface area contributed by atoms with Crippen LogP contribution in [-0.2, 0) is 11.3 Å². The summed E-state index contributed by atoms with van der Waals surface area (Å²) in [6.07, 6.45) is 2.36. The summed E-state index contributed by atoms with van der Waals surface area (Å²) in [4.78, 5) is 49.2. The van der Waals surface area contributed by atoms with Gasteiger partial charge in [-0.1, -0.05) is 12.1 Å². The van der Waals surface area contributed by atoms with Gasteiger partial charge in [0.1, 0.15) is 0 Å². The van der Waals surface area contributed by atoms with Gasteiger partial charge in [-0.3, -0.25) is 29.4 Å². The van der Waals surface area contributed by atoms with E-state index in [4.69, 9.17) is 0 Å². The van der Waals surface area contributed by atoms with E-state index in [1.807, 2.05) is 42.7 Å². The number of hydrogen-bond acceptors (Lipinski definition) is 6. The molecule has 0 atom stereocenters. The Morgan fingerprint density at radius 3 is 2.21 bits per heavy atom. The van der Waals surface area contributed by atoms with Crippen molar-refractivity contribution >= 4 is 63.5 Å². The number of amides is 2. The molecule has 10 heteroatoms. The van der Waals surface area contributed by atoms with E-state index in [0.717, 1.165) is 43.6 Å². The lowest BCUT2D eigenvalue weighted by molar-refractivity contribution is -0.384. The van der Waals surface area contributed by atoms with E-state index in [9.17, 15) is 24.5 Å². The fraction of sp³-hybridized carbons (Fsp3) is 0.125. The summed E-state index contributed by atoms with van der Waals surface area (Å²) in [5.74, 6) is -0.468. The molecular weight excluding hydrogens is 569 g/mol. The van der Waals surface area contributed by atoms with Gasteiger partial charge in [0, 0.05) is 43.9 Å². The summed E-state index contributed by atoms with van der Waals surface area (Å²) >= 11 is 3.03. The molecule has 8 nitrogen and oxygen atoms in total. The van der Waals surface area contributed by atoms with Crippen molar-refractivity contribution in [3.8, 4) is 5.69 Å². The second kappa shape index (κ2) is 9.55. The fourth-order valence-corrected chi connectivity index (χ4v) is 5.04. The van der Waals surface area contributed by atoms with Crippen LogP contribution in [-0.4, -0.2) is 31.8 Å². The molecule has 1 aliphatic heterocycles. The van der Waals surface area contributed by atoms with E-state index in [0.29, 0.717) is 16.7 Å². The Hall–Kier alpha value is -3.25. The molecule has 1 aromatic heterocycles. The van der Waals surface area contributed by atoms with Crippen molar-refractivity contribution in [2.45, 2.75) is 20.4 Å². The minimum atomic E-state index is -0.510. The Labute approximate surface area is 212 Å². The molecule has 3 aromatic rings. The molecule has 1 saturated heterocycles. The number of nitrogens with zero attached hydrogens (tertiary/aromatic N) is 3. The fourth-order valence-electron chi connectivity index (χ4n) is 3.86. The Balaban J connectivity index is 1.66. The molecule has 4 rings (SSSR count). The zero-order valence-corrected chi connectivity index (χ0v) is 21.1. The van der Waals surface area contributed by atoms with Gasteiger partial charge in [0.2, 0.25) is 0 Å². The molecule has 2 aromatic carbocycles. The zero-order valence-electron chi connectivity index (χ0n) is 18.1. The minimum Gasteiger partial charge on any atom is -0.317 e. The van der Waals surface area contributed by atoms with Crippen molar-refractivity contribution in [2.75, 3.05) is 0 Å². The molecule has 0 bridgehead atoms. The third kappa shape index (κ3) is 4.42. The second-order valence-corrected chi connectivity index (χ2v) is 9.86. The van der Waals surface area contributed by atoms with Crippen LogP contribution in [0.1, 0.15) is 32.9 Å². The number of aromatic nitrogens is 1. The molecule has 34 heavy (non-hydrogen) atoms. The van der Waals surface area contributed by atoms with Gasteiger partial charge < -0.3 is 4.57 Å². The number of halogens is 1. The SMILES string of the molecule is Cc1c(C=O)c(/C=C2\SC(=O)N(Cc3ccc([N+](=O)[O-])cc3)C2=O)c(C)n1-c1ccc(I)cc1. The normalized spacial score (nSPS) is 14.8. The summed E-state index contributed by atoms with van der Waals surface area (Å²) in [5, 5.41) is 10.4. The van der Waals surface area contributed by atoms with Gasteiger partial charge in [-0.2, -0.15) is 0 Å². The number of imide groups is 1. The first-order chi connectivity index (χ1) is 16.2. The minimum absolute atomic E-state index is 0.00219. The predicted octanol–water partition coefficient (Wildman–Crippen LogP) is 5.66. The van der Waals surface area contributed by atoms with Crippen LogP contribution in [0.4, 0.5) is 10.5 Å². The van der Waals surface area contributed by atoms with Crippen molar-refractivity contribution in [3.05, 3.63) is 95.2 Å². The van der Waals surface area contributed by atoms with Crippen LogP contribution in [0, 0.1) is 27.5 Å². The molecular formula is C24H18IN3O5S. The van der Waals surface area contributed by atoms with Crippen molar-refractivity contribution < 1.29 is 19.3 Å². The monoisotopic (exact) mass is 587 g/mol. The average molecular weight is 587 g/mol. The highest BCUT2D eigenvalue weighted by Crippen LogP contribution is 2.36. The van der Waals surface area contributed by atoms with Crippen LogP contribution in [0.5, 0.6) is 0 Å². The van der Waals surface area contributed by atoms with Gasteiger partial charge in [0.25, 0.3) is 16.8 Å². The van der Waals surface area contributed by atoms with E-state index >= 15 is 0 Å². The van der Waals surface area contributed by atoms with Crippen LogP contribution in [0.3, 0.4) is 0 Å². The molecule has 0 radical (unpaired) electrons. The lowest BCUT2D eigenvalue weighted by Gasteiger charge is -2.12. The standard InChI is InChI=1S/C24H18IN3O5S/c1-14-20(21(13-29)15(2)27(14)18-9-5-17(25)6-10-18)11-22-23(30)26(24(31)34-22)12-16-3-7-19(8-4-16)28(32)33/h3-11,13H,12H2,1-2H3/b22-11-. The van der Waals surface area contributed by atoms with Crippen molar-refractivity contribution in [1.82, 2.24) is 9.47 Å². The predicted molar refractivity (Wildman–Crippen MR) is 138 cm³/mol. The maximum absolute atomic E-state index is 13.0. The molecule has 2 amide bonds. The van der Waals surface area contributed by atoms with Gasteiger partial charge in [-0.25, -0.2) is 0 Å². The first-order valence-electron chi connectivity index (χ1n) is 10.1. The maximum atomic E-state index is 13.0.